The highest BCUT2D eigenvalue weighted by Gasteiger charge is 2.10. The number of rotatable bonds is 4. The number of nitrogens with zero attached hydrogens (tertiary/aromatic N) is 2. The Kier molecular flexibility index (Phi) is 3.96. The van der Waals surface area contributed by atoms with Gasteiger partial charge in [-0.05, 0) is 40.0 Å². The number of hydrogen-bond donors (Lipinski definition) is 1. The van der Waals surface area contributed by atoms with Gasteiger partial charge < -0.3 is 9.84 Å². The first-order chi connectivity index (χ1) is 8.56. The molecule has 0 radical (unpaired) electrons. The second-order valence-electron chi connectivity index (χ2n) is 4.33. The zero-order valence-electron chi connectivity index (χ0n) is 10.1. The van der Waals surface area contributed by atoms with Crippen molar-refractivity contribution in [3.8, 4) is 11.4 Å². The van der Waals surface area contributed by atoms with E-state index in [2.05, 4.69) is 45.2 Å². The van der Waals surface area contributed by atoms with Crippen molar-refractivity contribution in [1.82, 2.24) is 10.1 Å². The molecule has 18 heavy (non-hydrogen) atoms. The van der Waals surface area contributed by atoms with Gasteiger partial charge in [0, 0.05) is 12.1 Å². The van der Waals surface area contributed by atoms with Crippen molar-refractivity contribution in [1.29, 1.82) is 0 Å². The van der Waals surface area contributed by atoms with Crippen molar-refractivity contribution < 1.29 is 8.91 Å². The Morgan fingerprint density at radius 1 is 1.44 bits per heavy atom. The third-order valence-corrected chi connectivity index (χ3v) is 2.87. The van der Waals surface area contributed by atoms with Crippen LogP contribution in [0, 0.1) is 11.7 Å². The maximum Gasteiger partial charge on any atom is 0.321 e. The Hall–Kier alpha value is -1.43. The molecule has 0 amide bonds. The van der Waals surface area contributed by atoms with Crippen LogP contribution in [0.25, 0.3) is 11.4 Å². The van der Waals surface area contributed by atoms with Crippen LogP contribution in [0.3, 0.4) is 0 Å². The zero-order chi connectivity index (χ0) is 13.1. The lowest BCUT2D eigenvalue weighted by molar-refractivity contribution is 0.429. The second kappa shape index (κ2) is 5.48. The van der Waals surface area contributed by atoms with E-state index in [9.17, 15) is 4.39 Å². The van der Waals surface area contributed by atoms with Crippen LogP contribution >= 0.6 is 15.9 Å². The Balaban J connectivity index is 2.16. The van der Waals surface area contributed by atoms with Crippen LogP contribution in [0.15, 0.2) is 27.2 Å². The summed E-state index contributed by atoms with van der Waals surface area (Å²) in [5.74, 6) is 0.600. The van der Waals surface area contributed by atoms with Crippen molar-refractivity contribution in [3.63, 3.8) is 0 Å². The summed E-state index contributed by atoms with van der Waals surface area (Å²) in [4.78, 5) is 4.19. The molecule has 4 nitrogen and oxygen atoms in total. The van der Waals surface area contributed by atoms with Gasteiger partial charge in [0.15, 0.2) is 0 Å². The molecule has 0 aliphatic carbocycles. The number of aromatic nitrogens is 2. The molecule has 2 rings (SSSR count). The normalized spacial score (nSPS) is 10.9. The highest BCUT2D eigenvalue weighted by molar-refractivity contribution is 9.10. The average molecular weight is 314 g/mol. The molecule has 6 heteroatoms. The summed E-state index contributed by atoms with van der Waals surface area (Å²) in [5, 5.41) is 6.88. The summed E-state index contributed by atoms with van der Waals surface area (Å²) < 4.78 is 18.5. The van der Waals surface area contributed by atoms with Crippen LogP contribution in [0.5, 0.6) is 0 Å². The summed E-state index contributed by atoms with van der Waals surface area (Å²) in [7, 11) is 0. The molecule has 0 unspecified atom stereocenters. The molecular formula is C12H13BrFN3O. The monoisotopic (exact) mass is 313 g/mol. The lowest BCUT2D eigenvalue weighted by atomic mass is 10.2. The molecule has 0 aliphatic heterocycles. The van der Waals surface area contributed by atoms with E-state index in [4.69, 9.17) is 4.52 Å². The molecule has 0 bridgehead atoms. The van der Waals surface area contributed by atoms with Gasteiger partial charge in [0.05, 0.1) is 4.47 Å². The molecule has 2 aromatic rings. The van der Waals surface area contributed by atoms with Gasteiger partial charge in [-0.2, -0.15) is 4.98 Å². The van der Waals surface area contributed by atoms with Crippen LogP contribution in [0.4, 0.5) is 10.4 Å². The van der Waals surface area contributed by atoms with Gasteiger partial charge in [0.2, 0.25) is 5.82 Å². The van der Waals surface area contributed by atoms with Crippen LogP contribution in [0.2, 0.25) is 0 Å². The molecule has 0 atom stereocenters. The van der Waals surface area contributed by atoms with Gasteiger partial charge in [-0.3, -0.25) is 0 Å². The van der Waals surface area contributed by atoms with E-state index in [0.29, 0.717) is 27.8 Å². The topological polar surface area (TPSA) is 51.0 Å². The standard InChI is InChI=1S/C12H13BrFN3O/c1-7(2)6-15-12-16-11(17-18-12)8-3-4-10(14)9(13)5-8/h3-5,7H,6H2,1-2H3,(H,15,16,17). The molecule has 1 aromatic heterocycles. The summed E-state index contributed by atoms with van der Waals surface area (Å²) in [6.07, 6.45) is 0. The lowest BCUT2D eigenvalue weighted by Crippen LogP contribution is -2.07. The highest BCUT2D eigenvalue weighted by Crippen LogP contribution is 2.23. The number of anilines is 1. The van der Waals surface area contributed by atoms with Crippen molar-refractivity contribution in [2.45, 2.75) is 13.8 Å². The van der Waals surface area contributed by atoms with E-state index in [1.165, 1.54) is 6.07 Å². The smallest absolute Gasteiger partial charge is 0.321 e. The maximum absolute atomic E-state index is 13.1. The molecule has 0 saturated carbocycles. The third-order valence-electron chi connectivity index (χ3n) is 2.27. The van der Waals surface area contributed by atoms with Crippen LogP contribution < -0.4 is 5.32 Å². The minimum absolute atomic E-state index is 0.319. The molecule has 1 heterocycles. The van der Waals surface area contributed by atoms with E-state index in [0.717, 1.165) is 6.54 Å². The van der Waals surface area contributed by atoms with Gasteiger partial charge in [0.25, 0.3) is 0 Å². The Morgan fingerprint density at radius 2 is 2.22 bits per heavy atom. The lowest BCUT2D eigenvalue weighted by Gasteiger charge is -2.02. The first-order valence-electron chi connectivity index (χ1n) is 5.59. The van der Waals surface area contributed by atoms with Gasteiger partial charge in [-0.1, -0.05) is 19.0 Å². The molecule has 1 aromatic carbocycles. The number of benzene rings is 1. The van der Waals surface area contributed by atoms with Crippen LogP contribution in [-0.4, -0.2) is 16.7 Å². The molecule has 0 fully saturated rings. The molecule has 96 valence electrons. The molecule has 0 spiro atoms. The highest BCUT2D eigenvalue weighted by atomic mass is 79.9. The van der Waals surface area contributed by atoms with Gasteiger partial charge in [-0.25, -0.2) is 4.39 Å². The number of hydrogen-bond acceptors (Lipinski definition) is 4. The second-order valence-corrected chi connectivity index (χ2v) is 5.18. The maximum atomic E-state index is 13.1. The van der Waals surface area contributed by atoms with E-state index in [1.54, 1.807) is 12.1 Å². The fourth-order valence-electron chi connectivity index (χ4n) is 1.34. The zero-order valence-corrected chi connectivity index (χ0v) is 11.7. The quantitative estimate of drug-likeness (QED) is 0.935. The largest absolute Gasteiger partial charge is 0.337 e. The summed E-state index contributed by atoms with van der Waals surface area (Å²) in [6.45, 7) is 4.93. The summed E-state index contributed by atoms with van der Waals surface area (Å²) in [6, 6.07) is 4.96. The predicted molar refractivity (Wildman–Crippen MR) is 70.7 cm³/mol. The van der Waals surface area contributed by atoms with Gasteiger partial charge >= 0.3 is 6.01 Å². The van der Waals surface area contributed by atoms with Crippen molar-refractivity contribution in [3.05, 3.63) is 28.5 Å². The summed E-state index contributed by atoms with van der Waals surface area (Å²) in [5.41, 5.74) is 0.699. The van der Waals surface area contributed by atoms with E-state index >= 15 is 0 Å². The van der Waals surface area contributed by atoms with E-state index in [-0.39, 0.29) is 5.82 Å². The first-order valence-corrected chi connectivity index (χ1v) is 6.38. The van der Waals surface area contributed by atoms with Crippen LogP contribution in [-0.2, 0) is 0 Å². The number of halogens is 2. The number of nitrogens with one attached hydrogen (secondary N) is 1. The predicted octanol–water partition coefficient (Wildman–Crippen LogP) is 3.71. The molecule has 1 N–H and O–H groups in total. The van der Waals surface area contributed by atoms with Crippen molar-refractivity contribution in [2.24, 2.45) is 5.92 Å². The summed E-state index contributed by atoms with van der Waals surface area (Å²) >= 11 is 3.12. The SMILES string of the molecule is CC(C)CNc1nc(-c2ccc(F)c(Br)c2)no1. The van der Waals surface area contributed by atoms with Crippen LogP contribution in [0.1, 0.15) is 13.8 Å². The fourth-order valence-corrected chi connectivity index (χ4v) is 1.72. The Labute approximate surface area is 113 Å². The van der Waals surface area contributed by atoms with Crippen molar-refractivity contribution in [2.75, 3.05) is 11.9 Å². The Bertz CT molecular complexity index is 542. The van der Waals surface area contributed by atoms with E-state index in [1.807, 2.05) is 0 Å². The fraction of sp³-hybridized carbons (Fsp3) is 0.333. The first kappa shape index (κ1) is 13.0. The molecule has 0 aliphatic rings. The molecular weight excluding hydrogens is 301 g/mol. The minimum Gasteiger partial charge on any atom is -0.337 e. The minimum atomic E-state index is -0.319. The van der Waals surface area contributed by atoms with Gasteiger partial charge in [-0.15, -0.1) is 0 Å². The van der Waals surface area contributed by atoms with Crippen molar-refractivity contribution >= 4 is 21.9 Å². The van der Waals surface area contributed by atoms with Gasteiger partial charge in [0.1, 0.15) is 5.82 Å². The molecule has 0 saturated heterocycles. The van der Waals surface area contributed by atoms with E-state index < -0.39 is 0 Å². The average Bonchev–Trinajstić information content (AvgIpc) is 2.79. The Morgan fingerprint density at radius 3 is 2.89 bits per heavy atom. The third kappa shape index (κ3) is 3.07.